The van der Waals surface area contributed by atoms with Gasteiger partial charge in [-0.15, -0.1) is 0 Å². The first kappa shape index (κ1) is 41.4. The molecule has 0 spiro atoms. The molecule has 7 rings (SSSR count). The minimum absolute atomic E-state index is 0.0308. The minimum atomic E-state index is -1.05. The van der Waals surface area contributed by atoms with Gasteiger partial charge in [-0.2, -0.15) is 12.4 Å². The topological polar surface area (TPSA) is 143 Å². The van der Waals surface area contributed by atoms with Crippen LogP contribution in [0.2, 0.25) is 0 Å². The van der Waals surface area contributed by atoms with E-state index in [4.69, 9.17) is 9.47 Å². The number of carbonyl (C=O) groups is 1. The summed E-state index contributed by atoms with van der Waals surface area (Å²) in [6.45, 7) is 0.497. The predicted molar refractivity (Wildman–Crippen MR) is 231 cm³/mol. The Balaban J connectivity index is 1.20. The van der Waals surface area contributed by atoms with Crippen LogP contribution < -0.4 is 19.8 Å². The fraction of sp³-hybridized carbons (Fsp3) is 0.340. The number of Topliss-reactive ketones (excluding diaryl/α,β-unsaturated/α-hetero) is 1. The third kappa shape index (κ3) is 10.3. The van der Waals surface area contributed by atoms with Gasteiger partial charge in [0.25, 0.3) is 0 Å². The molecule has 1 heterocycles. The van der Waals surface area contributed by atoms with E-state index >= 15 is 0 Å². The molecular formula is C50H55N2O7-. The predicted octanol–water partition coefficient (Wildman–Crippen LogP) is 8.69. The van der Waals surface area contributed by atoms with Gasteiger partial charge in [-0.3, -0.25) is 4.79 Å². The number of methoxy groups -OCH3 is 1. The van der Waals surface area contributed by atoms with E-state index in [1.54, 1.807) is 49.8 Å². The van der Waals surface area contributed by atoms with Gasteiger partial charge in [0.1, 0.15) is 11.5 Å². The van der Waals surface area contributed by atoms with Crippen molar-refractivity contribution in [2.45, 2.75) is 88.9 Å². The molecule has 9 nitrogen and oxygen atoms in total. The zero-order chi connectivity index (χ0) is 41.3. The summed E-state index contributed by atoms with van der Waals surface area (Å²) in [5.41, 5.74) is 6.02. The number of nitrogens with zero attached hydrogens (tertiary/aromatic N) is 1. The van der Waals surface area contributed by atoms with Crippen LogP contribution in [-0.4, -0.2) is 52.6 Å². The van der Waals surface area contributed by atoms with Crippen molar-refractivity contribution in [3.05, 3.63) is 148 Å². The van der Waals surface area contributed by atoms with Gasteiger partial charge in [-0.1, -0.05) is 78.7 Å². The zero-order valence-corrected chi connectivity index (χ0v) is 33.9. The van der Waals surface area contributed by atoms with Crippen LogP contribution in [0.1, 0.15) is 83.4 Å². The Morgan fingerprint density at radius 3 is 2.39 bits per heavy atom. The summed E-state index contributed by atoms with van der Waals surface area (Å²) in [6, 6.07) is 30.3. The van der Waals surface area contributed by atoms with E-state index in [-0.39, 0.29) is 42.0 Å². The molecule has 0 radical (unpaired) electrons. The minimum Gasteiger partial charge on any atom is -0.670 e. The number of aliphatic hydroxyl groups is 1. The third-order valence-corrected chi connectivity index (χ3v) is 11.8. The Hall–Kier alpha value is -5.77. The summed E-state index contributed by atoms with van der Waals surface area (Å²) >= 11 is 0. The van der Waals surface area contributed by atoms with Gasteiger partial charge in [0.2, 0.25) is 0 Å². The fourth-order valence-corrected chi connectivity index (χ4v) is 8.79. The summed E-state index contributed by atoms with van der Waals surface area (Å²) in [6.07, 6.45) is 9.21. The molecule has 6 aromatic rings. The number of phenolic OH excluding ortho intramolecular Hbond substituents is 3. The number of aromatic nitrogens is 1. The van der Waals surface area contributed by atoms with Gasteiger partial charge in [0.15, 0.2) is 23.0 Å². The molecule has 1 aliphatic carbocycles. The molecule has 0 aliphatic heterocycles. The van der Waals surface area contributed by atoms with Crippen LogP contribution in [0.3, 0.4) is 0 Å². The SMILES string of the molecule is CNCc1cc(O)cc([C@@H](Cc2ccc(O)c(OC3CCCCC3)c2)C(=O)C[C@@H](O)[C@H](Cc2cc[n-]c2)Cc2ccc(O)c(OC)c2Cc2cccc3ccccc23)c1. The molecule has 9 heteroatoms. The van der Waals surface area contributed by atoms with E-state index in [0.717, 1.165) is 69.8 Å². The van der Waals surface area contributed by atoms with E-state index in [0.29, 0.717) is 42.9 Å². The Morgan fingerprint density at radius 2 is 1.61 bits per heavy atom. The maximum Gasteiger partial charge on any atom is 0.164 e. The van der Waals surface area contributed by atoms with E-state index in [2.05, 4.69) is 34.6 Å². The van der Waals surface area contributed by atoms with Gasteiger partial charge >= 0.3 is 0 Å². The lowest BCUT2D eigenvalue weighted by atomic mass is 9.80. The maximum absolute atomic E-state index is 14.7. The number of hydrogen-bond donors (Lipinski definition) is 5. The number of ether oxygens (including phenoxy) is 2. The van der Waals surface area contributed by atoms with E-state index in [9.17, 15) is 25.2 Å². The molecule has 5 N–H and O–H groups in total. The Bertz CT molecular complexity index is 2330. The van der Waals surface area contributed by atoms with Gasteiger partial charge in [0.05, 0.1) is 19.3 Å². The van der Waals surface area contributed by atoms with Crippen LogP contribution in [0.4, 0.5) is 0 Å². The summed E-state index contributed by atoms with van der Waals surface area (Å²) < 4.78 is 12.1. The molecule has 3 atom stereocenters. The van der Waals surface area contributed by atoms with Crippen LogP contribution >= 0.6 is 0 Å². The highest BCUT2D eigenvalue weighted by molar-refractivity contribution is 5.87. The van der Waals surface area contributed by atoms with E-state index in [1.165, 1.54) is 6.42 Å². The highest BCUT2D eigenvalue weighted by Crippen LogP contribution is 2.39. The van der Waals surface area contributed by atoms with Crippen LogP contribution in [0.25, 0.3) is 10.8 Å². The van der Waals surface area contributed by atoms with Crippen molar-refractivity contribution in [1.82, 2.24) is 10.3 Å². The lowest BCUT2D eigenvalue weighted by Crippen LogP contribution is -2.30. The molecular weight excluding hydrogens is 741 g/mol. The number of nitrogens with one attached hydrogen (secondary N) is 1. The molecule has 59 heavy (non-hydrogen) atoms. The Kier molecular flexibility index (Phi) is 13.6. The monoisotopic (exact) mass is 795 g/mol. The van der Waals surface area contributed by atoms with Crippen LogP contribution in [0, 0.1) is 5.92 Å². The largest absolute Gasteiger partial charge is 0.670 e. The number of aliphatic hydroxyl groups excluding tert-OH is 1. The number of hydrogen-bond acceptors (Lipinski definition) is 8. The van der Waals surface area contributed by atoms with Gasteiger partial charge in [0, 0.05) is 30.9 Å². The average Bonchev–Trinajstić information content (AvgIpc) is 3.75. The second-order valence-corrected chi connectivity index (χ2v) is 16.0. The first-order chi connectivity index (χ1) is 28.7. The smallest absolute Gasteiger partial charge is 0.164 e. The van der Waals surface area contributed by atoms with Gasteiger partial charge < -0.3 is 40.2 Å². The first-order valence-electron chi connectivity index (χ1n) is 20.8. The van der Waals surface area contributed by atoms with Crippen molar-refractivity contribution in [2.75, 3.05) is 14.2 Å². The molecule has 0 saturated heterocycles. The normalized spacial score (nSPS) is 14.8. The van der Waals surface area contributed by atoms with E-state index in [1.807, 2.05) is 49.5 Å². The third-order valence-electron chi connectivity index (χ3n) is 11.8. The molecule has 5 aromatic carbocycles. The molecule has 308 valence electrons. The molecule has 0 unspecified atom stereocenters. The maximum atomic E-state index is 14.7. The summed E-state index contributed by atoms with van der Waals surface area (Å²) in [7, 11) is 3.38. The van der Waals surface area contributed by atoms with Crippen molar-refractivity contribution < 1.29 is 34.7 Å². The number of rotatable bonds is 18. The average molecular weight is 796 g/mol. The lowest BCUT2D eigenvalue weighted by Gasteiger charge is -2.27. The van der Waals surface area contributed by atoms with Crippen molar-refractivity contribution in [3.63, 3.8) is 0 Å². The number of ketones is 1. The summed E-state index contributed by atoms with van der Waals surface area (Å²) in [5, 5.41) is 50.2. The number of fused-ring (bicyclic) bond motifs is 1. The first-order valence-corrected chi connectivity index (χ1v) is 20.8. The van der Waals surface area contributed by atoms with Crippen molar-refractivity contribution in [1.29, 1.82) is 0 Å². The molecule has 1 aromatic heterocycles. The number of phenols is 3. The van der Waals surface area contributed by atoms with Crippen molar-refractivity contribution in [2.24, 2.45) is 5.92 Å². The highest BCUT2D eigenvalue weighted by Gasteiger charge is 2.30. The van der Waals surface area contributed by atoms with Crippen molar-refractivity contribution >= 4 is 16.6 Å². The summed E-state index contributed by atoms with van der Waals surface area (Å²) in [4.78, 5) is 19.0. The van der Waals surface area contributed by atoms with Crippen LogP contribution in [-0.2, 0) is 37.0 Å². The second-order valence-electron chi connectivity index (χ2n) is 16.0. The molecule has 1 aliphatic rings. The van der Waals surface area contributed by atoms with Crippen LogP contribution in [0.15, 0.2) is 109 Å². The molecule has 1 saturated carbocycles. The van der Waals surface area contributed by atoms with Gasteiger partial charge in [-0.05, 0) is 127 Å². The standard InChI is InChI=1S/C50H55N2O7/c1-51-30-34-22-38(27-40(53)23-34)43(24-32-15-17-45(54)49(25-32)59-41-12-4-3-5-13-41)48(57)29-47(56)39(21-33-19-20-52-31-33)26-37-16-18-46(55)50(58-2)44(37)28-36-11-8-10-35-9-6-7-14-42(35)36/h6-11,14-20,22-23,25,27,31,39,41,43,47,51,53-56H,3-5,12-13,21,24,26,28-30H2,1-2H3/q-1/t39-,43-,47-/m1/s1. The molecule has 0 bridgehead atoms. The molecule has 0 amide bonds. The second kappa shape index (κ2) is 19.3. The number of benzene rings is 5. The Labute approximate surface area is 346 Å². The number of aromatic hydroxyl groups is 3. The highest BCUT2D eigenvalue weighted by atomic mass is 16.5. The van der Waals surface area contributed by atoms with Crippen LogP contribution in [0.5, 0.6) is 28.7 Å². The quantitative estimate of drug-likeness (QED) is 0.0578. The lowest BCUT2D eigenvalue weighted by molar-refractivity contribution is -0.123. The van der Waals surface area contributed by atoms with E-state index < -0.39 is 17.9 Å². The number of carbonyl (C=O) groups excluding carboxylic acids is 1. The Morgan fingerprint density at radius 1 is 0.814 bits per heavy atom. The zero-order valence-electron chi connectivity index (χ0n) is 33.9. The summed E-state index contributed by atoms with van der Waals surface area (Å²) in [5.74, 6) is -0.357. The van der Waals surface area contributed by atoms with Gasteiger partial charge in [-0.25, -0.2) is 0 Å². The molecule has 1 fully saturated rings. The fourth-order valence-electron chi connectivity index (χ4n) is 8.79. The van der Waals surface area contributed by atoms with Crippen molar-refractivity contribution in [3.8, 4) is 28.7 Å².